The molecule has 1 heterocycles. The average Bonchev–Trinajstić information content (AvgIpc) is 2.35. The molecule has 0 amide bonds. The van der Waals surface area contributed by atoms with Crippen LogP contribution in [0.2, 0.25) is 0 Å². The SMILES string of the molecule is Cc1ncsc1C(C)(C)CCN. The first-order valence-corrected chi connectivity index (χ1v) is 5.06. The van der Waals surface area contributed by atoms with Gasteiger partial charge in [0.1, 0.15) is 0 Å². The van der Waals surface area contributed by atoms with E-state index in [0.29, 0.717) is 0 Å². The number of aryl methyl sites for hydroxylation is 1. The van der Waals surface area contributed by atoms with Crippen LogP contribution in [-0.2, 0) is 5.41 Å². The van der Waals surface area contributed by atoms with Crippen molar-refractivity contribution in [3.8, 4) is 0 Å². The van der Waals surface area contributed by atoms with Crippen LogP contribution in [0.5, 0.6) is 0 Å². The summed E-state index contributed by atoms with van der Waals surface area (Å²) < 4.78 is 0. The van der Waals surface area contributed by atoms with Gasteiger partial charge in [0, 0.05) is 10.3 Å². The van der Waals surface area contributed by atoms with Gasteiger partial charge in [0.05, 0.1) is 11.2 Å². The first kappa shape index (κ1) is 9.68. The molecule has 0 saturated carbocycles. The first-order valence-electron chi connectivity index (χ1n) is 4.18. The lowest BCUT2D eigenvalue weighted by atomic mass is 9.87. The summed E-state index contributed by atoms with van der Waals surface area (Å²) in [6.45, 7) is 7.25. The number of hydrogen-bond donors (Lipinski definition) is 1. The zero-order valence-corrected chi connectivity index (χ0v) is 8.74. The zero-order valence-electron chi connectivity index (χ0n) is 7.92. The summed E-state index contributed by atoms with van der Waals surface area (Å²) in [6.07, 6.45) is 1.02. The summed E-state index contributed by atoms with van der Waals surface area (Å²) in [5.74, 6) is 0. The summed E-state index contributed by atoms with van der Waals surface area (Å²) in [5.41, 5.74) is 8.81. The molecule has 0 radical (unpaired) electrons. The second kappa shape index (κ2) is 3.54. The lowest BCUT2D eigenvalue weighted by Gasteiger charge is -2.22. The van der Waals surface area contributed by atoms with Gasteiger partial charge in [-0.25, -0.2) is 4.98 Å². The van der Waals surface area contributed by atoms with Crippen LogP contribution >= 0.6 is 11.3 Å². The van der Waals surface area contributed by atoms with Crippen LogP contribution < -0.4 is 5.73 Å². The third-order valence-electron chi connectivity index (χ3n) is 2.13. The Balaban J connectivity index is 2.88. The first-order chi connectivity index (χ1) is 5.58. The van der Waals surface area contributed by atoms with Crippen molar-refractivity contribution < 1.29 is 0 Å². The minimum absolute atomic E-state index is 0.194. The van der Waals surface area contributed by atoms with Crippen LogP contribution in [-0.4, -0.2) is 11.5 Å². The molecule has 0 saturated heterocycles. The molecule has 0 unspecified atom stereocenters. The van der Waals surface area contributed by atoms with Crippen molar-refractivity contribution in [2.24, 2.45) is 5.73 Å². The van der Waals surface area contributed by atoms with E-state index in [-0.39, 0.29) is 5.41 Å². The molecule has 0 fully saturated rings. The fourth-order valence-corrected chi connectivity index (χ4v) is 2.39. The van der Waals surface area contributed by atoms with Crippen molar-refractivity contribution in [3.05, 3.63) is 16.1 Å². The van der Waals surface area contributed by atoms with Gasteiger partial charge < -0.3 is 5.73 Å². The van der Waals surface area contributed by atoms with Crippen LogP contribution in [0.1, 0.15) is 30.8 Å². The lowest BCUT2D eigenvalue weighted by Crippen LogP contribution is -2.21. The van der Waals surface area contributed by atoms with E-state index in [1.807, 2.05) is 5.51 Å². The normalized spacial score (nSPS) is 12.0. The molecule has 1 rings (SSSR count). The molecule has 0 spiro atoms. The molecule has 0 aliphatic carbocycles. The quantitative estimate of drug-likeness (QED) is 0.781. The monoisotopic (exact) mass is 184 g/mol. The molecule has 2 nitrogen and oxygen atoms in total. The van der Waals surface area contributed by atoms with Gasteiger partial charge in [-0.1, -0.05) is 13.8 Å². The second-order valence-corrected chi connectivity index (χ2v) is 4.54. The molecule has 0 atom stereocenters. The van der Waals surface area contributed by atoms with Gasteiger partial charge in [0.25, 0.3) is 0 Å². The summed E-state index contributed by atoms with van der Waals surface area (Å²) in [5, 5.41) is 0. The molecule has 3 heteroatoms. The topological polar surface area (TPSA) is 38.9 Å². The maximum absolute atomic E-state index is 5.56. The minimum Gasteiger partial charge on any atom is -0.330 e. The van der Waals surface area contributed by atoms with Gasteiger partial charge in [0.15, 0.2) is 0 Å². The largest absolute Gasteiger partial charge is 0.330 e. The molecule has 68 valence electrons. The number of nitrogens with zero attached hydrogens (tertiary/aromatic N) is 1. The van der Waals surface area contributed by atoms with E-state index in [1.54, 1.807) is 11.3 Å². The van der Waals surface area contributed by atoms with Crippen LogP contribution in [0.25, 0.3) is 0 Å². The fourth-order valence-electron chi connectivity index (χ4n) is 1.43. The van der Waals surface area contributed by atoms with Crippen molar-refractivity contribution in [2.45, 2.75) is 32.6 Å². The highest BCUT2D eigenvalue weighted by Crippen LogP contribution is 2.31. The predicted molar refractivity (Wildman–Crippen MR) is 53.5 cm³/mol. The molecule has 0 bridgehead atoms. The van der Waals surface area contributed by atoms with Crippen LogP contribution in [0.3, 0.4) is 0 Å². The van der Waals surface area contributed by atoms with Crippen molar-refractivity contribution in [3.63, 3.8) is 0 Å². The predicted octanol–water partition coefficient (Wildman–Crippen LogP) is 2.08. The molecule has 0 aliphatic heterocycles. The Morgan fingerprint density at radius 1 is 1.58 bits per heavy atom. The molecule has 12 heavy (non-hydrogen) atoms. The minimum atomic E-state index is 0.194. The Kier molecular flexibility index (Phi) is 2.85. The molecular weight excluding hydrogens is 168 g/mol. The molecule has 0 aromatic carbocycles. The maximum Gasteiger partial charge on any atom is 0.0797 e. The highest BCUT2D eigenvalue weighted by molar-refractivity contribution is 7.09. The van der Waals surface area contributed by atoms with E-state index in [1.165, 1.54) is 4.88 Å². The number of nitrogens with two attached hydrogens (primary N) is 1. The second-order valence-electron chi connectivity index (χ2n) is 3.69. The molecule has 2 N–H and O–H groups in total. The molecule has 0 aliphatic rings. The number of aromatic nitrogens is 1. The van der Waals surface area contributed by atoms with E-state index < -0.39 is 0 Å². The summed E-state index contributed by atoms with van der Waals surface area (Å²) in [4.78, 5) is 5.61. The van der Waals surface area contributed by atoms with Gasteiger partial charge in [-0.3, -0.25) is 0 Å². The van der Waals surface area contributed by atoms with Crippen LogP contribution in [0.4, 0.5) is 0 Å². The van der Waals surface area contributed by atoms with E-state index in [0.717, 1.165) is 18.7 Å². The Bertz CT molecular complexity index is 253. The van der Waals surface area contributed by atoms with Gasteiger partial charge in [-0.2, -0.15) is 0 Å². The van der Waals surface area contributed by atoms with E-state index >= 15 is 0 Å². The van der Waals surface area contributed by atoms with E-state index in [9.17, 15) is 0 Å². The summed E-state index contributed by atoms with van der Waals surface area (Å²) in [6, 6.07) is 0. The van der Waals surface area contributed by atoms with Crippen molar-refractivity contribution in [1.29, 1.82) is 0 Å². The van der Waals surface area contributed by atoms with Gasteiger partial charge in [-0.05, 0) is 19.9 Å². The van der Waals surface area contributed by atoms with Crippen LogP contribution in [0, 0.1) is 6.92 Å². The van der Waals surface area contributed by atoms with Crippen molar-refractivity contribution >= 4 is 11.3 Å². The lowest BCUT2D eigenvalue weighted by molar-refractivity contribution is 0.494. The van der Waals surface area contributed by atoms with E-state index in [2.05, 4.69) is 25.8 Å². The average molecular weight is 184 g/mol. The Morgan fingerprint density at radius 3 is 2.67 bits per heavy atom. The third kappa shape index (κ3) is 1.84. The summed E-state index contributed by atoms with van der Waals surface area (Å²) in [7, 11) is 0. The standard InChI is InChI=1S/C9H16N2S/c1-7-8(12-6-11-7)9(2,3)4-5-10/h6H,4-5,10H2,1-3H3. The number of hydrogen-bond acceptors (Lipinski definition) is 3. The molecule has 1 aromatic heterocycles. The van der Waals surface area contributed by atoms with Crippen molar-refractivity contribution in [1.82, 2.24) is 4.98 Å². The highest BCUT2D eigenvalue weighted by atomic mass is 32.1. The molecule has 1 aromatic rings. The van der Waals surface area contributed by atoms with Gasteiger partial charge in [-0.15, -0.1) is 11.3 Å². The number of thiazole rings is 1. The van der Waals surface area contributed by atoms with E-state index in [4.69, 9.17) is 5.73 Å². The Labute approximate surface area is 77.8 Å². The highest BCUT2D eigenvalue weighted by Gasteiger charge is 2.23. The van der Waals surface area contributed by atoms with Gasteiger partial charge in [0.2, 0.25) is 0 Å². The molecular formula is C9H16N2S. The summed E-state index contributed by atoms with van der Waals surface area (Å²) >= 11 is 1.73. The smallest absolute Gasteiger partial charge is 0.0797 e. The maximum atomic E-state index is 5.56. The fraction of sp³-hybridized carbons (Fsp3) is 0.667. The van der Waals surface area contributed by atoms with Crippen molar-refractivity contribution in [2.75, 3.05) is 6.54 Å². The van der Waals surface area contributed by atoms with Crippen LogP contribution in [0.15, 0.2) is 5.51 Å². The Morgan fingerprint density at radius 2 is 2.25 bits per heavy atom. The number of rotatable bonds is 3. The van der Waals surface area contributed by atoms with Gasteiger partial charge >= 0.3 is 0 Å². The Hall–Kier alpha value is -0.410. The zero-order chi connectivity index (χ0) is 9.19. The third-order valence-corrected chi connectivity index (χ3v) is 3.42.